The van der Waals surface area contributed by atoms with E-state index in [0.717, 1.165) is 22.9 Å². The maximum absolute atomic E-state index is 10.1. The third-order valence-corrected chi connectivity index (χ3v) is 3.96. The minimum absolute atomic E-state index is 0.319. The van der Waals surface area contributed by atoms with Crippen molar-refractivity contribution in [3.8, 4) is 11.5 Å². The van der Waals surface area contributed by atoms with Gasteiger partial charge in [-0.2, -0.15) is 0 Å². The summed E-state index contributed by atoms with van der Waals surface area (Å²) in [7, 11) is 3.19. The van der Waals surface area contributed by atoms with Gasteiger partial charge in [0.25, 0.3) is 0 Å². The molecule has 1 aliphatic carbocycles. The van der Waals surface area contributed by atoms with Crippen LogP contribution >= 0.6 is 15.9 Å². The van der Waals surface area contributed by atoms with Crippen LogP contribution in [-0.4, -0.2) is 25.4 Å². The molecule has 18 heavy (non-hydrogen) atoms. The monoisotopic (exact) mass is 315 g/mol. The van der Waals surface area contributed by atoms with Crippen LogP contribution in [-0.2, 0) is 0 Å². The molecule has 3 N–H and O–H groups in total. The average Bonchev–Trinajstić information content (AvgIpc) is 3.20. The first-order chi connectivity index (χ1) is 8.58. The highest BCUT2D eigenvalue weighted by molar-refractivity contribution is 9.10. The van der Waals surface area contributed by atoms with Crippen molar-refractivity contribution in [1.29, 1.82) is 0 Å². The van der Waals surface area contributed by atoms with Crippen molar-refractivity contribution in [1.82, 2.24) is 0 Å². The Balaban J connectivity index is 2.34. The van der Waals surface area contributed by atoms with E-state index in [2.05, 4.69) is 15.9 Å². The summed E-state index contributed by atoms with van der Waals surface area (Å²) in [5.74, 6) is 1.67. The Labute approximate surface area is 115 Å². The lowest BCUT2D eigenvalue weighted by molar-refractivity contribution is 0.121. The van der Waals surface area contributed by atoms with Crippen molar-refractivity contribution in [3.63, 3.8) is 0 Å². The van der Waals surface area contributed by atoms with E-state index in [4.69, 9.17) is 15.2 Å². The zero-order valence-electron chi connectivity index (χ0n) is 10.5. The lowest BCUT2D eigenvalue weighted by Gasteiger charge is -2.22. The van der Waals surface area contributed by atoms with Crippen LogP contribution in [0.15, 0.2) is 16.6 Å². The highest BCUT2D eigenvalue weighted by Gasteiger charge is 2.35. The van der Waals surface area contributed by atoms with Gasteiger partial charge >= 0.3 is 0 Å². The predicted octanol–water partition coefficient (Wildman–Crippen LogP) is 2.24. The van der Waals surface area contributed by atoms with Gasteiger partial charge in [-0.05, 0) is 46.8 Å². The molecule has 0 aromatic heterocycles. The number of aliphatic hydroxyl groups excluding tert-OH is 1. The van der Waals surface area contributed by atoms with Gasteiger partial charge in [0.1, 0.15) is 11.5 Å². The van der Waals surface area contributed by atoms with E-state index in [1.165, 1.54) is 0 Å². The summed E-state index contributed by atoms with van der Waals surface area (Å²) in [5.41, 5.74) is 6.90. The van der Waals surface area contributed by atoms with E-state index in [9.17, 15) is 5.11 Å². The Morgan fingerprint density at radius 3 is 2.39 bits per heavy atom. The topological polar surface area (TPSA) is 64.7 Å². The van der Waals surface area contributed by atoms with Gasteiger partial charge in [-0.1, -0.05) is 0 Å². The number of aliphatic hydroxyl groups is 1. The first-order valence-electron chi connectivity index (χ1n) is 5.93. The highest BCUT2D eigenvalue weighted by atomic mass is 79.9. The Morgan fingerprint density at radius 1 is 1.28 bits per heavy atom. The number of rotatable bonds is 5. The third kappa shape index (κ3) is 2.63. The Morgan fingerprint density at radius 2 is 1.89 bits per heavy atom. The molecule has 1 saturated carbocycles. The van der Waals surface area contributed by atoms with E-state index in [1.54, 1.807) is 14.2 Å². The van der Waals surface area contributed by atoms with Crippen LogP contribution in [0.1, 0.15) is 24.4 Å². The van der Waals surface area contributed by atoms with Gasteiger partial charge in [-0.3, -0.25) is 0 Å². The van der Waals surface area contributed by atoms with Gasteiger partial charge in [-0.25, -0.2) is 0 Å². The minimum atomic E-state index is -0.523. The molecule has 2 atom stereocenters. The molecule has 0 bridgehead atoms. The van der Waals surface area contributed by atoms with Crippen LogP contribution < -0.4 is 15.2 Å². The van der Waals surface area contributed by atoms with Gasteiger partial charge in [-0.15, -0.1) is 0 Å². The zero-order valence-corrected chi connectivity index (χ0v) is 12.1. The van der Waals surface area contributed by atoms with Gasteiger partial charge in [0.15, 0.2) is 0 Å². The largest absolute Gasteiger partial charge is 0.496 e. The second kappa shape index (κ2) is 5.47. The molecule has 0 radical (unpaired) electrons. The fourth-order valence-corrected chi connectivity index (χ4v) is 2.54. The van der Waals surface area contributed by atoms with Crippen LogP contribution in [0.4, 0.5) is 0 Å². The SMILES string of the molecule is COc1cc([C@@H](N)[C@@H](O)C2CC2)c(OC)cc1Br. The number of ether oxygens (including phenoxy) is 2. The van der Waals surface area contributed by atoms with Crippen LogP contribution in [0.25, 0.3) is 0 Å². The van der Waals surface area contributed by atoms with Crippen molar-refractivity contribution < 1.29 is 14.6 Å². The fraction of sp³-hybridized carbons (Fsp3) is 0.538. The Kier molecular flexibility index (Phi) is 4.14. The molecule has 1 aromatic rings. The molecule has 2 rings (SSSR count). The number of benzene rings is 1. The summed E-state index contributed by atoms with van der Waals surface area (Å²) < 4.78 is 11.4. The summed E-state index contributed by atoms with van der Waals surface area (Å²) in [4.78, 5) is 0. The van der Waals surface area contributed by atoms with Gasteiger partial charge in [0.05, 0.1) is 30.8 Å². The second-order valence-corrected chi connectivity index (χ2v) is 5.44. The highest BCUT2D eigenvalue weighted by Crippen LogP contribution is 2.41. The predicted molar refractivity (Wildman–Crippen MR) is 72.9 cm³/mol. The van der Waals surface area contributed by atoms with E-state index < -0.39 is 12.1 Å². The molecule has 5 heteroatoms. The standard InChI is InChI=1S/C13H18BrNO3/c1-17-10-6-9(14)11(18-2)5-8(10)12(15)13(16)7-3-4-7/h5-7,12-13,16H,3-4,15H2,1-2H3/t12-,13+/m1/s1. The molecular formula is C13H18BrNO3. The van der Waals surface area contributed by atoms with Crippen molar-refractivity contribution in [3.05, 3.63) is 22.2 Å². The average molecular weight is 316 g/mol. The second-order valence-electron chi connectivity index (χ2n) is 4.58. The molecule has 0 saturated heterocycles. The lowest BCUT2D eigenvalue weighted by Crippen LogP contribution is -2.28. The lowest BCUT2D eigenvalue weighted by atomic mass is 9.98. The van der Waals surface area contributed by atoms with E-state index in [0.29, 0.717) is 17.4 Å². The maximum atomic E-state index is 10.1. The molecule has 0 aliphatic heterocycles. The smallest absolute Gasteiger partial charge is 0.133 e. The summed E-state index contributed by atoms with van der Waals surface area (Å²) in [6, 6.07) is 3.18. The van der Waals surface area contributed by atoms with E-state index in [-0.39, 0.29) is 0 Å². The number of nitrogens with two attached hydrogens (primary N) is 1. The van der Waals surface area contributed by atoms with E-state index >= 15 is 0 Å². The summed E-state index contributed by atoms with van der Waals surface area (Å²) in [5, 5.41) is 10.1. The third-order valence-electron chi connectivity index (χ3n) is 3.34. The Hall–Kier alpha value is -0.780. The van der Waals surface area contributed by atoms with Gasteiger partial charge in [0.2, 0.25) is 0 Å². The maximum Gasteiger partial charge on any atom is 0.133 e. The number of halogens is 1. The first-order valence-corrected chi connectivity index (χ1v) is 6.72. The van der Waals surface area contributed by atoms with Crippen LogP contribution in [0.3, 0.4) is 0 Å². The molecule has 0 unspecified atom stereocenters. The van der Waals surface area contributed by atoms with Crippen molar-refractivity contribution >= 4 is 15.9 Å². The Bertz CT molecular complexity index is 434. The van der Waals surface area contributed by atoms with Crippen LogP contribution in [0.5, 0.6) is 11.5 Å². The van der Waals surface area contributed by atoms with Gasteiger partial charge < -0.3 is 20.3 Å². The molecule has 0 amide bonds. The molecule has 1 aliphatic rings. The molecule has 1 fully saturated rings. The van der Waals surface area contributed by atoms with Crippen molar-refractivity contribution in [2.45, 2.75) is 25.0 Å². The minimum Gasteiger partial charge on any atom is -0.496 e. The summed E-state index contributed by atoms with van der Waals surface area (Å²) in [6.45, 7) is 0. The van der Waals surface area contributed by atoms with Crippen molar-refractivity contribution in [2.75, 3.05) is 14.2 Å². The number of methoxy groups -OCH3 is 2. The summed E-state index contributed by atoms with van der Waals surface area (Å²) in [6.07, 6.45) is 1.57. The molecule has 0 heterocycles. The van der Waals surface area contributed by atoms with Crippen LogP contribution in [0, 0.1) is 5.92 Å². The molecule has 4 nitrogen and oxygen atoms in total. The van der Waals surface area contributed by atoms with Crippen LogP contribution in [0.2, 0.25) is 0 Å². The number of hydrogen-bond donors (Lipinski definition) is 2. The van der Waals surface area contributed by atoms with E-state index in [1.807, 2.05) is 12.1 Å². The molecule has 0 spiro atoms. The quantitative estimate of drug-likeness (QED) is 0.874. The molecule has 1 aromatic carbocycles. The number of hydrogen-bond acceptors (Lipinski definition) is 4. The molecule has 100 valence electrons. The van der Waals surface area contributed by atoms with Crippen molar-refractivity contribution in [2.24, 2.45) is 11.7 Å². The molecular weight excluding hydrogens is 298 g/mol. The first kappa shape index (κ1) is 13.6. The summed E-state index contributed by atoms with van der Waals surface area (Å²) >= 11 is 3.40. The zero-order chi connectivity index (χ0) is 13.3. The fourth-order valence-electron chi connectivity index (χ4n) is 2.06. The van der Waals surface area contributed by atoms with Gasteiger partial charge in [0, 0.05) is 5.56 Å². The normalized spacial score (nSPS) is 18.3.